The van der Waals surface area contributed by atoms with Crippen molar-refractivity contribution in [3.8, 4) is 0 Å². The zero-order chi connectivity index (χ0) is 29.4. The number of para-hydroxylation sites is 1. The summed E-state index contributed by atoms with van der Waals surface area (Å²) in [5.74, 6) is -1.64. The van der Waals surface area contributed by atoms with Gasteiger partial charge in [-0.15, -0.1) is 0 Å². The third-order valence-electron chi connectivity index (χ3n) is 6.75. The van der Waals surface area contributed by atoms with Gasteiger partial charge in [0.05, 0.1) is 10.6 Å². The number of aryl methyl sites for hydroxylation is 1. The SMILES string of the molecule is CNC(=O)[C@H](Cc1ccccc1)N(Cc1ccccc1F)C(=O)CN(c1ccccc1)S(=O)(=O)c1ccc(C)cc1. The van der Waals surface area contributed by atoms with Crippen molar-refractivity contribution in [2.45, 2.75) is 30.8 Å². The molecule has 0 aliphatic carbocycles. The summed E-state index contributed by atoms with van der Waals surface area (Å²) in [4.78, 5) is 28.6. The Morgan fingerprint density at radius 1 is 0.829 bits per heavy atom. The number of carbonyl (C=O) groups excluding carboxylic acids is 2. The Morgan fingerprint density at radius 2 is 1.41 bits per heavy atom. The summed E-state index contributed by atoms with van der Waals surface area (Å²) in [6.45, 7) is 1.02. The molecule has 1 N–H and O–H groups in total. The molecule has 41 heavy (non-hydrogen) atoms. The summed E-state index contributed by atoms with van der Waals surface area (Å²) >= 11 is 0. The molecule has 2 amide bonds. The number of rotatable bonds is 11. The number of benzene rings is 4. The smallest absolute Gasteiger partial charge is 0.264 e. The van der Waals surface area contributed by atoms with Gasteiger partial charge in [-0.3, -0.25) is 13.9 Å². The Morgan fingerprint density at radius 3 is 2.02 bits per heavy atom. The Balaban J connectivity index is 1.78. The minimum absolute atomic E-state index is 0.0209. The Bertz CT molecular complexity index is 1580. The van der Waals surface area contributed by atoms with Gasteiger partial charge in [0.25, 0.3) is 10.0 Å². The van der Waals surface area contributed by atoms with Gasteiger partial charge < -0.3 is 10.2 Å². The number of halogens is 1. The highest BCUT2D eigenvalue weighted by Crippen LogP contribution is 2.25. The van der Waals surface area contributed by atoms with Gasteiger partial charge in [-0.1, -0.05) is 84.4 Å². The number of sulfonamides is 1. The molecule has 0 spiro atoms. The van der Waals surface area contributed by atoms with Crippen LogP contribution in [0.25, 0.3) is 0 Å². The van der Waals surface area contributed by atoms with Crippen molar-refractivity contribution in [2.24, 2.45) is 0 Å². The lowest BCUT2D eigenvalue weighted by Gasteiger charge is -2.33. The van der Waals surface area contributed by atoms with Gasteiger partial charge in [-0.05, 0) is 42.8 Å². The summed E-state index contributed by atoms with van der Waals surface area (Å²) in [6, 6.07) is 28.8. The standard InChI is InChI=1S/C32H32FN3O4S/c1-24-17-19-28(20-18-24)41(39,40)36(27-14-7-4-8-15-27)23-31(37)35(22-26-13-9-10-16-29(26)33)30(32(38)34-2)21-25-11-5-3-6-12-25/h3-20,30H,21-23H2,1-2H3,(H,34,38)/t30-/m0/s1. The predicted molar refractivity (Wildman–Crippen MR) is 157 cm³/mol. The van der Waals surface area contributed by atoms with Crippen molar-refractivity contribution in [1.29, 1.82) is 0 Å². The molecule has 0 aromatic heterocycles. The normalized spacial score (nSPS) is 11.9. The number of carbonyl (C=O) groups is 2. The number of hydrogen-bond donors (Lipinski definition) is 1. The first-order chi connectivity index (χ1) is 19.7. The van der Waals surface area contributed by atoms with Gasteiger partial charge in [-0.2, -0.15) is 0 Å². The fraction of sp³-hybridized carbons (Fsp3) is 0.188. The molecular formula is C32H32FN3O4S. The summed E-state index contributed by atoms with van der Waals surface area (Å²) < 4.78 is 43.6. The average Bonchev–Trinajstić information content (AvgIpc) is 2.99. The molecule has 0 bridgehead atoms. The molecule has 0 saturated carbocycles. The van der Waals surface area contributed by atoms with Crippen molar-refractivity contribution < 1.29 is 22.4 Å². The average molecular weight is 574 g/mol. The molecule has 0 unspecified atom stereocenters. The van der Waals surface area contributed by atoms with Crippen molar-refractivity contribution >= 4 is 27.5 Å². The quantitative estimate of drug-likeness (QED) is 0.282. The molecule has 0 heterocycles. The van der Waals surface area contributed by atoms with E-state index in [4.69, 9.17) is 0 Å². The lowest BCUT2D eigenvalue weighted by atomic mass is 10.0. The van der Waals surface area contributed by atoms with Crippen LogP contribution in [0.4, 0.5) is 10.1 Å². The molecule has 4 rings (SSSR count). The van der Waals surface area contributed by atoms with Crippen LogP contribution in [-0.2, 0) is 32.6 Å². The summed E-state index contributed by atoms with van der Waals surface area (Å²) in [7, 11) is -2.72. The molecule has 4 aromatic rings. The molecule has 0 fully saturated rings. The van der Waals surface area contributed by atoms with Crippen molar-refractivity contribution in [1.82, 2.24) is 10.2 Å². The van der Waals surface area contributed by atoms with Crippen molar-refractivity contribution in [2.75, 3.05) is 17.9 Å². The number of hydrogen-bond acceptors (Lipinski definition) is 4. The third-order valence-corrected chi connectivity index (χ3v) is 8.54. The van der Waals surface area contributed by atoms with E-state index in [1.54, 1.807) is 48.5 Å². The maximum Gasteiger partial charge on any atom is 0.264 e. The van der Waals surface area contributed by atoms with Crippen molar-refractivity contribution in [3.05, 3.63) is 132 Å². The first-order valence-corrected chi connectivity index (χ1v) is 14.6. The van der Waals surface area contributed by atoms with Gasteiger partial charge >= 0.3 is 0 Å². The number of nitrogens with zero attached hydrogens (tertiary/aromatic N) is 2. The van der Waals surface area contributed by atoms with E-state index < -0.39 is 40.2 Å². The van der Waals surface area contributed by atoms with Gasteiger partial charge in [0.2, 0.25) is 11.8 Å². The van der Waals surface area contributed by atoms with Gasteiger partial charge in [0.15, 0.2) is 0 Å². The maximum absolute atomic E-state index is 14.8. The highest BCUT2D eigenvalue weighted by Gasteiger charge is 2.34. The monoisotopic (exact) mass is 573 g/mol. The zero-order valence-corrected chi connectivity index (χ0v) is 23.7. The first-order valence-electron chi connectivity index (χ1n) is 13.1. The molecular weight excluding hydrogens is 541 g/mol. The second-order valence-electron chi connectivity index (χ2n) is 9.59. The van der Waals surface area contributed by atoms with Crippen LogP contribution >= 0.6 is 0 Å². The second-order valence-corrected chi connectivity index (χ2v) is 11.5. The number of nitrogens with one attached hydrogen (secondary N) is 1. The van der Waals surface area contributed by atoms with Crippen LogP contribution in [0.1, 0.15) is 16.7 Å². The van der Waals surface area contributed by atoms with Gasteiger partial charge in [-0.25, -0.2) is 12.8 Å². The number of likely N-dealkylation sites (N-methyl/N-ethyl adjacent to an activating group) is 1. The zero-order valence-electron chi connectivity index (χ0n) is 22.9. The Labute approximate surface area is 240 Å². The topological polar surface area (TPSA) is 86.8 Å². The summed E-state index contributed by atoms with van der Waals surface area (Å²) in [6.07, 6.45) is 0.150. The lowest BCUT2D eigenvalue weighted by Crippen LogP contribution is -2.53. The first kappa shape index (κ1) is 29.5. The van der Waals surface area contributed by atoms with Crippen LogP contribution in [0.15, 0.2) is 114 Å². The summed E-state index contributed by atoms with van der Waals surface area (Å²) in [5.41, 5.74) is 2.17. The molecule has 0 aliphatic rings. The minimum atomic E-state index is -4.18. The highest BCUT2D eigenvalue weighted by atomic mass is 32.2. The predicted octanol–water partition coefficient (Wildman–Crippen LogP) is 4.72. The lowest BCUT2D eigenvalue weighted by molar-refractivity contribution is -0.139. The molecule has 212 valence electrons. The molecule has 0 aliphatic heterocycles. The highest BCUT2D eigenvalue weighted by molar-refractivity contribution is 7.92. The van der Waals surface area contributed by atoms with Crippen LogP contribution in [0, 0.1) is 12.7 Å². The van der Waals surface area contributed by atoms with E-state index >= 15 is 0 Å². The van der Waals surface area contributed by atoms with Crippen LogP contribution in [0.5, 0.6) is 0 Å². The second kappa shape index (κ2) is 13.2. The van der Waals surface area contributed by atoms with Crippen LogP contribution in [0.3, 0.4) is 0 Å². The molecule has 1 atom stereocenters. The van der Waals surface area contributed by atoms with E-state index in [0.717, 1.165) is 15.4 Å². The Kier molecular flexibility index (Phi) is 9.52. The third kappa shape index (κ3) is 7.18. The van der Waals surface area contributed by atoms with E-state index in [2.05, 4.69) is 5.32 Å². The van der Waals surface area contributed by atoms with E-state index in [1.165, 1.54) is 42.3 Å². The fourth-order valence-corrected chi connectivity index (χ4v) is 5.91. The molecule has 4 aromatic carbocycles. The van der Waals surface area contributed by atoms with E-state index in [9.17, 15) is 22.4 Å². The largest absolute Gasteiger partial charge is 0.357 e. The number of amides is 2. The maximum atomic E-state index is 14.8. The van der Waals surface area contributed by atoms with Gasteiger partial charge in [0.1, 0.15) is 18.4 Å². The van der Waals surface area contributed by atoms with Crippen LogP contribution < -0.4 is 9.62 Å². The summed E-state index contributed by atoms with van der Waals surface area (Å²) in [5, 5.41) is 2.61. The van der Waals surface area contributed by atoms with Crippen LogP contribution in [-0.4, -0.2) is 44.8 Å². The molecule has 7 nitrogen and oxygen atoms in total. The van der Waals surface area contributed by atoms with E-state index in [-0.39, 0.29) is 29.1 Å². The Hall–Kier alpha value is -4.50. The fourth-order valence-electron chi connectivity index (χ4n) is 4.49. The van der Waals surface area contributed by atoms with E-state index in [1.807, 2.05) is 37.3 Å². The van der Waals surface area contributed by atoms with E-state index in [0.29, 0.717) is 0 Å². The van der Waals surface area contributed by atoms with Gasteiger partial charge in [0, 0.05) is 25.6 Å². The molecule has 0 saturated heterocycles. The van der Waals surface area contributed by atoms with Crippen LogP contribution in [0.2, 0.25) is 0 Å². The number of anilines is 1. The molecule has 9 heteroatoms. The minimum Gasteiger partial charge on any atom is -0.357 e. The molecule has 0 radical (unpaired) electrons. The van der Waals surface area contributed by atoms with Crippen molar-refractivity contribution in [3.63, 3.8) is 0 Å².